The highest BCUT2D eigenvalue weighted by Gasteiger charge is 2.24. The lowest BCUT2D eigenvalue weighted by atomic mass is 10.2. The van der Waals surface area contributed by atoms with Crippen molar-refractivity contribution >= 4 is 5.91 Å². The van der Waals surface area contributed by atoms with Crippen LogP contribution in [0.2, 0.25) is 0 Å². The molecular formula is C8H16N2O2. The van der Waals surface area contributed by atoms with Crippen molar-refractivity contribution in [2.75, 3.05) is 26.7 Å². The lowest BCUT2D eigenvalue weighted by Crippen LogP contribution is -2.40. The molecule has 0 aromatic rings. The monoisotopic (exact) mass is 172 g/mol. The summed E-state index contributed by atoms with van der Waals surface area (Å²) in [5, 5.41) is 11.5. The Morgan fingerprint density at radius 1 is 1.75 bits per heavy atom. The molecule has 1 aliphatic heterocycles. The number of nitrogens with zero attached hydrogens (tertiary/aromatic N) is 1. The van der Waals surface area contributed by atoms with E-state index in [4.69, 9.17) is 5.11 Å². The van der Waals surface area contributed by atoms with Crippen LogP contribution in [0.3, 0.4) is 0 Å². The minimum Gasteiger partial charge on any atom is -0.395 e. The molecule has 0 radical (unpaired) electrons. The number of aliphatic hydroxyl groups excluding tert-OH is 1. The van der Waals surface area contributed by atoms with E-state index in [2.05, 4.69) is 5.32 Å². The van der Waals surface area contributed by atoms with Gasteiger partial charge in [-0.3, -0.25) is 9.69 Å². The third kappa shape index (κ3) is 2.19. The van der Waals surface area contributed by atoms with Crippen molar-refractivity contribution in [3.05, 3.63) is 0 Å². The molecule has 1 heterocycles. The Hall–Kier alpha value is -0.610. The van der Waals surface area contributed by atoms with Crippen LogP contribution in [0.1, 0.15) is 12.8 Å². The standard InChI is InChI=1S/C8H16N2O2/c1-9-8(12)5-10-4-2-3-7(10)6-11/h7,11H,2-6H2,1H3,(H,9,12)/t7-/m0/s1. The summed E-state index contributed by atoms with van der Waals surface area (Å²) in [6, 6.07) is 0.197. The maximum atomic E-state index is 11.0. The Bertz CT molecular complexity index is 161. The molecular weight excluding hydrogens is 156 g/mol. The Morgan fingerprint density at radius 2 is 2.50 bits per heavy atom. The summed E-state index contributed by atoms with van der Waals surface area (Å²) < 4.78 is 0. The predicted octanol–water partition coefficient (Wildman–Crippen LogP) is -0.811. The van der Waals surface area contributed by atoms with E-state index >= 15 is 0 Å². The minimum absolute atomic E-state index is 0.0235. The van der Waals surface area contributed by atoms with Crippen LogP contribution in [0.25, 0.3) is 0 Å². The fourth-order valence-electron chi connectivity index (χ4n) is 1.57. The van der Waals surface area contributed by atoms with E-state index in [1.54, 1.807) is 7.05 Å². The number of rotatable bonds is 3. The second-order valence-corrected chi connectivity index (χ2v) is 3.12. The average Bonchev–Trinajstić information content (AvgIpc) is 2.51. The lowest BCUT2D eigenvalue weighted by Gasteiger charge is -2.21. The first kappa shape index (κ1) is 9.48. The lowest BCUT2D eigenvalue weighted by molar-refractivity contribution is -0.122. The Kier molecular flexibility index (Phi) is 3.49. The van der Waals surface area contributed by atoms with E-state index in [-0.39, 0.29) is 18.6 Å². The minimum atomic E-state index is 0.0235. The van der Waals surface area contributed by atoms with Gasteiger partial charge in [0.25, 0.3) is 0 Å². The summed E-state index contributed by atoms with van der Waals surface area (Å²) in [4.78, 5) is 13.0. The Balaban J connectivity index is 2.35. The quantitative estimate of drug-likeness (QED) is 0.585. The number of nitrogens with one attached hydrogen (secondary N) is 1. The zero-order valence-electron chi connectivity index (χ0n) is 7.42. The van der Waals surface area contributed by atoms with Crippen LogP contribution in [0.4, 0.5) is 0 Å². The van der Waals surface area contributed by atoms with Crippen molar-refractivity contribution in [1.82, 2.24) is 10.2 Å². The van der Waals surface area contributed by atoms with E-state index in [9.17, 15) is 4.79 Å². The van der Waals surface area contributed by atoms with Crippen molar-refractivity contribution in [3.8, 4) is 0 Å². The molecule has 0 unspecified atom stereocenters. The Morgan fingerprint density at radius 3 is 3.08 bits per heavy atom. The molecule has 1 amide bonds. The average molecular weight is 172 g/mol. The van der Waals surface area contributed by atoms with Crippen molar-refractivity contribution < 1.29 is 9.90 Å². The van der Waals surface area contributed by atoms with Crippen LogP contribution in [0.5, 0.6) is 0 Å². The third-order valence-corrected chi connectivity index (χ3v) is 2.34. The number of aliphatic hydroxyl groups is 1. The topological polar surface area (TPSA) is 52.6 Å². The highest BCUT2D eigenvalue weighted by atomic mass is 16.3. The molecule has 0 aromatic heterocycles. The smallest absolute Gasteiger partial charge is 0.233 e. The molecule has 0 spiro atoms. The first-order valence-electron chi connectivity index (χ1n) is 4.33. The molecule has 4 nitrogen and oxygen atoms in total. The van der Waals surface area contributed by atoms with Gasteiger partial charge in [0.05, 0.1) is 13.2 Å². The molecule has 2 N–H and O–H groups in total. The van der Waals surface area contributed by atoms with Crippen LogP contribution < -0.4 is 5.32 Å². The molecule has 0 aliphatic carbocycles. The first-order valence-corrected chi connectivity index (χ1v) is 4.33. The molecule has 0 aromatic carbocycles. The van der Waals surface area contributed by atoms with Crippen LogP contribution >= 0.6 is 0 Å². The fraction of sp³-hybridized carbons (Fsp3) is 0.875. The summed E-state index contributed by atoms with van der Waals surface area (Å²) in [6.07, 6.45) is 2.09. The molecule has 70 valence electrons. The summed E-state index contributed by atoms with van der Waals surface area (Å²) in [5.74, 6) is 0.0235. The summed E-state index contributed by atoms with van der Waals surface area (Å²) in [5.41, 5.74) is 0. The second-order valence-electron chi connectivity index (χ2n) is 3.12. The molecule has 12 heavy (non-hydrogen) atoms. The van der Waals surface area contributed by atoms with Gasteiger partial charge in [0.1, 0.15) is 0 Å². The van der Waals surface area contributed by atoms with Gasteiger partial charge in [0.2, 0.25) is 5.91 Å². The SMILES string of the molecule is CNC(=O)CN1CCC[C@H]1CO. The number of likely N-dealkylation sites (N-methyl/N-ethyl adjacent to an activating group) is 1. The largest absolute Gasteiger partial charge is 0.395 e. The highest BCUT2D eigenvalue weighted by molar-refractivity contribution is 5.77. The van der Waals surface area contributed by atoms with E-state index in [1.807, 2.05) is 4.90 Å². The number of amides is 1. The van der Waals surface area contributed by atoms with Crippen LogP contribution in [0.15, 0.2) is 0 Å². The van der Waals surface area contributed by atoms with Crippen molar-refractivity contribution in [2.24, 2.45) is 0 Å². The molecule has 1 fully saturated rings. The summed E-state index contributed by atoms with van der Waals surface area (Å²) >= 11 is 0. The molecule has 1 rings (SSSR count). The van der Waals surface area contributed by atoms with Gasteiger partial charge in [-0.25, -0.2) is 0 Å². The second kappa shape index (κ2) is 4.42. The van der Waals surface area contributed by atoms with Gasteiger partial charge >= 0.3 is 0 Å². The van der Waals surface area contributed by atoms with Gasteiger partial charge in [-0.1, -0.05) is 0 Å². The van der Waals surface area contributed by atoms with Crippen molar-refractivity contribution in [1.29, 1.82) is 0 Å². The fourth-order valence-corrected chi connectivity index (χ4v) is 1.57. The van der Waals surface area contributed by atoms with Crippen LogP contribution in [-0.4, -0.2) is 48.7 Å². The van der Waals surface area contributed by atoms with Gasteiger partial charge in [-0.2, -0.15) is 0 Å². The maximum Gasteiger partial charge on any atom is 0.233 e. The molecule has 4 heteroatoms. The maximum absolute atomic E-state index is 11.0. The number of likely N-dealkylation sites (tertiary alicyclic amines) is 1. The third-order valence-electron chi connectivity index (χ3n) is 2.34. The van der Waals surface area contributed by atoms with Gasteiger partial charge < -0.3 is 10.4 Å². The number of carbonyl (C=O) groups excluding carboxylic acids is 1. The van der Waals surface area contributed by atoms with E-state index in [0.29, 0.717) is 6.54 Å². The summed E-state index contributed by atoms with van der Waals surface area (Å²) in [7, 11) is 1.63. The number of hydrogen-bond donors (Lipinski definition) is 2. The first-order chi connectivity index (χ1) is 5.77. The van der Waals surface area contributed by atoms with Gasteiger partial charge in [0.15, 0.2) is 0 Å². The molecule has 1 aliphatic rings. The van der Waals surface area contributed by atoms with Crippen molar-refractivity contribution in [3.63, 3.8) is 0 Å². The number of hydrogen-bond acceptors (Lipinski definition) is 3. The molecule has 1 saturated heterocycles. The summed E-state index contributed by atoms with van der Waals surface area (Å²) in [6.45, 7) is 1.51. The van der Waals surface area contributed by atoms with Crippen LogP contribution in [-0.2, 0) is 4.79 Å². The zero-order chi connectivity index (χ0) is 8.97. The Labute approximate surface area is 72.6 Å². The molecule has 0 bridgehead atoms. The predicted molar refractivity (Wildman–Crippen MR) is 45.7 cm³/mol. The van der Waals surface area contributed by atoms with E-state index in [0.717, 1.165) is 19.4 Å². The highest BCUT2D eigenvalue weighted by Crippen LogP contribution is 2.15. The number of carbonyl (C=O) groups is 1. The molecule has 0 saturated carbocycles. The van der Waals surface area contributed by atoms with Gasteiger partial charge in [-0.15, -0.1) is 0 Å². The van der Waals surface area contributed by atoms with Crippen molar-refractivity contribution in [2.45, 2.75) is 18.9 Å². The van der Waals surface area contributed by atoms with Crippen LogP contribution in [0, 0.1) is 0 Å². The van der Waals surface area contributed by atoms with E-state index in [1.165, 1.54) is 0 Å². The van der Waals surface area contributed by atoms with Gasteiger partial charge in [0, 0.05) is 13.1 Å². The zero-order valence-corrected chi connectivity index (χ0v) is 7.42. The molecule has 1 atom stereocenters. The normalized spacial score (nSPS) is 24.3. The van der Waals surface area contributed by atoms with Gasteiger partial charge in [-0.05, 0) is 19.4 Å². The van der Waals surface area contributed by atoms with E-state index < -0.39 is 0 Å².